The van der Waals surface area contributed by atoms with E-state index in [0.717, 1.165) is 25.7 Å². The molecule has 1 N–H and O–H groups in total. The van der Waals surface area contributed by atoms with Crippen LogP contribution in [0.2, 0.25) is 0 Å². The van der Waals surface area contributed by atoms with Crippen molar-refractivity contribution in [2.45, 2.75) is 31.3 Å². The molecule has 1 aromatic heterocycles. The van der Waals surface area contributed by atoms with E-state index in [9.17, 15) is 4.79 Å². The molecular formula is C11H13BrN2O3. The molecule has 1 saturated carbocycles. The first-order valence-corrected chi connectivity index (χ1v) is 6.20. The molecule has 0 saturated heterocycles. The first kappa shape index (κ1) is 12.4. The second-order valence-corrected chi connectivity index (χ2v) is 4.96. The van der Waals surface area contributed by atoms with E-state index in [-0.39, 0.29) is 5.69 Å². The van der Waals surface area contributed by atoms with E-state index in [4.69, 9.17) is 9.84 Å². The van der Waals surface area contributed by atoms with Crippen LogP contribution in [0.5, 0.6) is 0 Å². The number of aromatic nitrogens is 2. The van der Waals surface area contributed by atoms with Gasteiger partial charge in [0.05, 0.1) is 4.47 Å². The van der Waals surface area contributed by atoms with Gasteiger partial charge in [0.1, 0.15) is 5.60 Å². The third-order valence-corrected chi connectivity index (χ3v) is 3.74. The minimum atomic E-state index is -1.07. The van der Waals surface area contributed by atoms with Crippen molar-refractivity contribution in [3.05, 3.63) is 22.2 Å². The third kappa shape index (κ3) is 2.19. The second-order valence-electron chi connectivity index (χ2n) is 4.10. The van der Waals surface area contributed by atoms with Crippen LogP contribution in [-0.2, 0) is 10.3 Å². The topological polar surface area (TPSA) is 72.3 Å². The Morgan fingerprint density at radius 2 is 2.18 bits per heavy atom. The van der Waals surface area contributed by atoms with E-state index in [1.54, 1.807) is 7.11 Å². The van der Waals surface area contributed by atoms with Crippen molar-refractivity contribution >= 4 is 21.9 Å². The van der Waals surface area contributed by atoms with Crippen LogP contribution in [0, 0.1) is 0 Å². The molecular weight excluding hydrogens is 288 g/mol. The van der Waals surface area contributed by atoms with Crippen molar-refractivity contribution in [3.8, 4) is 0 Å². The van der Waals surface area contributed by atoms with Crippen LogP contribution in [0.4, 0.5) is 0 Å². The molecule has 1 aromatic rings. The summed E-state index contributed by atoms with van der Waals surface area (Å²) in [6.07, 6.45) is 5.25. The molecule has 6 heteroatoms. The van der Waals surface area contributed by atoms with Crippen molar-refractivity contribution in [2.75, 3.05) is 7.11 Å². The smallest absolute Gasteiger partial charge is 0.355 e. The molecule has 0 atom stereocenters. The maximum absolute atomic E-state index is 11.0. The van der Waals surface area contributed by atoms with Crippen LogP contribution in [0.15, 0.2) is 10.7 Å². The lowest BCUT2D eigenvalue weighted by atomic mass is 10.0. The van der Waals surface area contributed by atoms with Gasteiger partial charge in [-0.3, -0.25) is 0 Å². The molecule has 0 spiro atoms. The fraction of sp³-hybridized carbons (Fsp3) is 0.545. The van der Waals surface area contributed by atoms with Gasteiger partial charge in [-0.05, 0) is 41.6 Å². The molecule has 1 aliphatic carbocycles. The molecule has 0 amide bonds. The molecule has 0 bridgehead atoms. The Balaban J connectivity index is 2.45. The van der Waals surface area contributed by atoms with E-state index in [1.165, 1.54) is 6.20 Å². The van der Waals surface area contributed by atoms with Gasteiger partial charge < -0.3 is 9.84 Å². The van der Waals surface area contributed by atoms with Gasteiger partial charge >= 0.3 is 5.97 Å². The average Bonchev–Trinajstić information content (AvgIpc) is 2.79. The zero-order valence-corrected chi connectivity index (χ0v) is 11.0. The fourth-order valence-electron chi connectivity index (χ4n) is 2.20. The largest absolute Gasteiger partial charge is 0.476 e. The Morgan fingerprint density at radius 1 is 1.53 bits per heavy atom. The highest BCUT2D eigenvalue weighted by Crippen LogP contribution is 2.40. The Kier molecular flexibility index (Phi) is 3.44. The summed E-state index contributed by atoms with van der Waals surface area (Å²) in [7, 11) is 1.62. The number of halogens is 1. The summed E-state index contributed by atoms with van der Waals surface area (Å²) in [5.74, 6) is -0.595. The minimum absolute atomic E-state index is 0.0154. The Labute approximate surface area is 107 Å². The van der Waals surface area contributed by atoms with E-state index < -0.39 is 11.6 Å². The van der Waals surface area contributed by atoms with Gasteiger partial charge in [-0.15, -0.1) is 0 Å². The lowest BCUT2D eigenvalue weighted by Gasteiger charge is -2.25. The van der Waals surface area contributed by atoms with Gasteiger partial charge in [0.15, 0.2) is 11.5 Å². The molecule has 0 unspecified atom stereocenters. The lowest BCUT2D eigenvalue weighted by Crippen LogP contribution is -2.28. The van der Waals surface area contributed by atoms with Crippen LogP contribution in [0.25, 0.3) is 0 Å². The molecule has 0 aliphatic heterocycles. The monoisotopic (exact) mass is 300 g/mol. The summed E-state index contributed by atoms with van der Waals surface area (Å²) in [6, 6.07) is 0. The quantitative estimate of drug-likeness (QED) is 0.927. The van der Waals surface area contributed by atoms with Crippen molar-refractivity contribution < 1.29 is 14.6 Å². The molecule has 0 radical (unpaired) electrons. The molecule has 1 heterocycles. The Hall–Kier alpha value is -1.01. The van der Waals surface area contributed by atoms with E-state index in [1.807, 2.05) is 0 Å². The van der Waals surface area contributed by atoms with Crippen LogP contribution >= 0.6 is 15.9 Å². The van der Waals surface area contributed by atoms with Gasteiger partial charge in [0, 0.05) is 13.3 Å². The van der Waals surface area contributed by atoms with E-state index in [2.05, 4.69) is 25.9 Å². The van der Waals surface area contributed by atoms with Gasteiger partial charge in [-0.25, -0.2) is 14.8 Å². The summed E-state index contributed by atoms with van der Waals surface area (Å²) in [4.78, 5) is 19.3. The van der Waals surface area contributed by atoms with Gasteiger partial charge in [0.2, 0.25) is 0 Å². The number of rotatable bonds is 3. The maximum atomic E-state index is 11.0. The fourth-order valence-corrected chi connectivity index (χ4v) is 2.56. The standard InChI is InChI=1S/C11H13BrN2O3/c1-17-11(4-2-3-5-11)10-13-6-7(12)8(14-10)9(15)16/h6H,2-5H2,1H3,(H,15,16). The summed E-state index contributed by atoms with van der Waals surface area (Å²) in [6.45, 7) is 0. The summed E-state index contributed by atoms with van der Waals surface area (Å²) in [5.41, 5.74) is -0.524. The number of hydrogen-bond acceptors (Lipinski definition) is 4. The van der Waals surface area contributed by atoms with Crippen LogP contribution in [0.3, 0.4) is 0 Å². The van der Waals surface area contributed by atoms with Crippen molar-refractivity contribution in [1.82, 2.24) is 9.97 Å². The SMILES string of the molecule is COC1(c2ncc(Br)c(C(=O)O)n2)CCCC1. The molecule has 92 valence electrons. The van der Waals surface area contributed by atoms with Crippen LogP contribution in [0.1, 0.15) is 42.0 Å². The number of ether oxygens (including phenoxy) is 1. The van der Waals surface area contributed by atoms with Gasteiger partial charge in [0.25, 0.3) is 0 Å². The Bertz CT molecular complexity index is 444. The third-order valence-electron chi connectivity index (χ3n) is 3.16. The molecule has 2 rings (SSSR count). The van der Waals surface area contributed by atoms with E-state index >= 15 is 0 Å². The molecule has 5 nitrogen and oxygen atoms in total. The van der Waals surface area contributed by atoms with Gasteiger partial charge in [-0.2, -0.15) is 0 Å². The zero-order chi connectivity index (χ0) is 12.5. The number of nitrogens with zero attached hydrogens (tertiary/aromatic N) is 2. The molecule has 0 aromatic carbocycles. The van der Waals surface area contributed by atoms with E-state index in [0.29, 0.717) is 10.3 Å². The second kappa shape index (κ2) is 4.70. The Morgan fingerprint density at radius 3 is 2.71 bits per heavy atom. The van der Waals surface area contributed by atoms with Crippen molar-refractivity contribution in [2.24, 2.45) is 0 Å². The van der Waals surface area contributed by atoms with Crippen molar-refractivity contribution in [1.29, 1.82) is 0 Å². The minimum Gasteiger partial charge on any atom is -0.476 e. The summed E-state index contributed by atoms with van der Waals surface area (Å²) < 4.78 is 5.91. The number of methoxy groups -OCH3 is 1. The number of hydrogen-bond donors (Lipinski definition) is 1. The lowest BCUT2D eigenvalue weighted by molar-refractivity contribution is -0.0165. The number of carbonyl (C=O) groups is 1. The predicted molar refractivity (Wildman–Crippen MR) is 63.8 cm³/mol. The highest BCUT2D eigenvalue weighted by atomic mass is 79.9. The van der Waals surface area contributed by atoms with Crippen LogP contribution < -0.4 is 0 Å². The first-order chi connectivity index (χ1) is 8.09. The van der Waals surface area contributed by atoms with Crippen molar-refractivity contribution in [3.63, 3.8) is 0 Å². The highest BCUT2D eigenvalue weighted by molar-refractivity contribution is 9.10. The number of carboxylic acids is 1. The molecule has 1 aliphatic rings. The first-order valence-electron chi connectivity index (χ1n) is 5.40. The molecule has 17 heavy (non-hydrogen) atoms. The maximum Gasteiger partial charge on any atom is 0.355 e. The predicted octanol–water partition coefficient (Wildman–Crippen LogP) is 2.35. The van der Waals surface area contributed by atoms with Gasteiger partial charge in [-0.1, -0.05) is 0 Å². The number of aromatic carboxylic acids is 1. The van der Waals surface area contributed by atoms with Crippen LogP contribution in [-0.4, -0.2) is 28.2 Å². The molecule has 1 fully saturated rings. The summed E-state index contributed by atoms with van der Waals surface area (Å²) in [5, 5.41) is 9.03. The normalized spacial score (nSPS) is 18.2. The average molecular weight is 301 g/mol. The highest BCUT2D eigenvalue weighted by Gasteiger charge is 2.39. The number of carboxylic acid groups (broad SMARTS) is 1. The zero-order valence-electron chi connectivity index (χ0n) is 9.44. The summed E-state index contributed by atoms with van der Waals surface area (Å²) >= 11 is 3.13.